The van der Waals surface area contributed by atoms with Gasteiger partial charge in [0.2, 0.25) is 0 Å². The van der Waals surface area contributed by atoms with Gasteiger partial charge in [0.05, 0.1) is 0 Å². The molecule has 168 valence electrons. The molecule has 1 unspecified atom stereocenters. The Morgan fingerprint density at radius 3 is 1.73 bits per heavy atom. The summed E-state index contributed by atoms with van der Waals surface area (Å²) in [5.74, 6) is 0. The van der Waals surface area contributed by atoms with Gasteiger partial charge >= 0.3 is 21.7 Å². The number of hydrogen-bond donors (Lipinski definition) is 0. The van der Waals surface area contributed by atoms with Crippen LogP contribution in [0.4, 0.5) is 0 Å². The minimum absolute atomic E-state index is 0. The summed E-state index contributed by atoms with van der Waals surface area (Å²) in [6, 6.07) is 1.37. The summed E-state index contributed by atoms with van der Waals surface area (Å²) in [4.78, 5) is 0. The Balaban J connectivity index is -0.00000182. The summed E-state index contributed by atoms with van der Waals surface area (Å²) < 4.78 is 0. The standard InChI is InChI=1S/C25H39Si.3ClH.Ti/c1-9-11-14-23-15-13-16-24(23)26(8,17-12-10-2)25-21(6)19(4)18(3)20(5)22(25)7;;;;/h16H,9-14,17H2,1-8H3;3*1H;/q-1;;;;+4/p-3. The van der Waals surface area contributed by atoms with Crippen LogP contribution in [0.2, 0.25) is 12.6 Å². The Kier molecular flexibility index (Phi) is 18.0. The van der Waals surface area contributed by atoms with Gasteiger partial charge in [-0.3, -0.25) is 6.08 Å². The van der Waals surface area contributed by atoms with Crippen molar-refractivity contribution in [3.63, 3.8) is 0 Å². The molecule has 0 heterocycles. The molecule has 0 radical (unpaired) electrons. The molecule has 0 nitrogen and oxygen atoms in total. The molecule has 1 aromatic carbocycles. The van der Waals surface area contributed by atoms with Gasteiger partial charge in [-0.15, -0.1) is 6.42 Å². The quantitative estimate of drug-likeness (QED) is 0.277. The molecular formula is C25H39Cl3SiTi. The van der Waals surface area contributed by atoms with Gasteiger partial charge in [-0.1, -0.05) is 63.7 Å². The fourth-order valence-electron chi connectivity index (χ4n) is 4.88. The van der Waals surface area contributed by atoms with E-state index in [0.29, 0.717) is 0 Å². The van der Waals surface area contributed by atoms with E-state index in [-0.39, 0.29) is 58.9 Å². The maximum absolute atomic E-state index is 3.73. The van der Waals surface area contributed by atoms with Gasteiger partial charge in [0.1, 0.15) is 0 Å². The van der Waals surface area contributed by atoms with Crippen LogP contribution in [0.15, 0.2) is 16.8 Å². The van der Waals surface area contributed by atoms with Gasteiger partial charge in [-0.2, -0.15) is 11.3 Å². The Bertz CT molecular complexity index is 711. The first kappa shape index (κ1) is 35.1. The van der Waals surface area contributed by atoms with Crippen LogP contribution in [0.25, 0.3) is 0 Å². The van der Waals surface area contributed by atoms with Crippen molar-refractivity contribution < 1.29 is 58.9 Å². The fourth-order valence-corrected chi connectivity index (χ4v) is 10.2. The molecule has 1 atom stereocenters. The van der Waals surface area contributed by atoms with Crippen LogP contribution < -0.4 is 42.4 Å². The van der Waals surface area contributed by atoms with E-state index < -0.39 is 8.07 Å². The van der Waals surface area contributed by atoms with E-state index in [4.69, 9.17) is 0 Å². The third-order valence-electron chi connectivity index (χ3n) is 6.90. The largest absolute Gasteiger partial charge is 4.00 e. The van der Waals surface area contributed by atoms with E-state index in [2.05, 4.69) is 67.2 Å². The molecular weight excluding hydrogens is 483 g/mol. The van der Waals surface area contributed by atoms with Crippen molar-refractivity contribution in [1.82, 2.24) is 0 Å². The van der Waals surface area contributed by atoms with Crippen molar-refractivity contribution >= 4 is 13.3 Å². The molecule has 5 heteroatoms. The number of allylic oxidation sites excluding steroid dienone is 4. The molecule has 0 N–H and O–H groups in total. The Morgan fingerprint density at radius 1 is 0.800 bits per heavy atom. The zero-order valence-corrected chi connectivity index (χ0v) is 25.0. The molecule has 0 bridgehead atoms. The maximum Gasteiger partial charge on any atom is 4.00 e. The first-order valence-corrected chi connectivity index (χ1v) is 13.4. The molecule has 0 fully saturated rings. The van der Waals surface area contributed by atoms with Crippen LogP contribution in [-0.4, -0.2) is 8.07 Å². The number of rotatable bonds is 8. The summed E-state index contributed by atoms with van der Waals surface area (Å²) in [5.41, 5.74) is 9.22. The zero-order chi connectivity index (χ0) is 19.5. The topological polar surface area (TPSA) is 0 Å². The van der Waals surface area contributed by atoms with E-state index in [9.17, 15) is 0 Å². The summed E-state index contributed by atoms with van der Waals surface area (Å²) in [6.45, 7) is 19.0. The summed E-state index contributed by atoms with van der Waals surface area (Å²) in [5, 5.41) is 3.45. The predicted octanol–water partition coefficient (Wildman–Crippen LogP) is -1.89. The molecule has 0 amide bonds. The van der Waals surface area contributed by atoms with Crippen LogP contribution in [0, 0.1) is 40.7 Å². The molecule has 1 aliphatic carbocycles. The fraction of sp³-hybridized carbons (Fsp3) is 0.600. The van der Waals surface area contributed by atoms with Crippen molar-refractivity contribution in [3.05, 3.63) is 50.7 Å². The van der Waals surface area contributed by atoms with Crippen LogP contribution in [0.1, 0.15) is 80.2 Å². The first-order valence-electron chi connectivity index (χ1n) is 10.7. The third kappa shape index (κ3) is 7.00. The maximum atomic E-state index is 3.73. The van der Waals surface area contributed by atoms with E-state index in [1.54, 1.807) is 27.1 Å². The summed E-state index contributed by atoms with van der Waals surface area (Å²) in [6.07, 6.45) is 13.7. The first-order chi connectivity index (χ1) is 12.3. The second-order valence-corrected chi connectivity index (χ2v) is 12.7. The minimum Gasteiger partial charge on any atom is -1.00 e. The van der Waals surface area contributed by atoms with Gasteiger partial charge in [-0.25, -0.2) is 5.57 Å². The van der Waals surface area contributed by atoms with Crippen LogP contribution in [-0.2, 0) is 21.7 Å². The van der Waals surface area contributed by atoms with Crippen molar-refractivity contribution in [1.29, 1.82) is 0 Å². The molecule has 1 aliphatic rings. The van der Waals surface area contributed by atoms with Gasteiger partial charge in [0.25, 0.3) is 0 Å². The summed E-state index contributed by atoms with van der Waals surface area (Å²) >= 11 is 0. The van der Waals surface area contributed by atoms with E-state index in [0.717, 1.165) is 6.42 Å². The van der Waals surface area contributed by atoms with Crippen LogP contribution in [0.3, 0.4) is 0 Å². The van der Waals surface area contributed by atoms with Gasteiger partial charge in [0, 0.05) is 8.07 Å². The van der Waals surface area contributed by atoms with Crippen molar-refractivity contribution in [2.45, 2.75) is 99.6 Å². The molecule has 0 saturated heterocycles. The van der Waals surface area contributed by atoms with E-state index in [1.807, 2.05) is 0 Å². The number of hydrogen-bond acceptors (Lipinski definition) is 0. The molecule has 1 aromatic rings. The Morgan fingerprint density at radius 2 is 1.27 bits per heavy atom. The second kappa shape index (κ2) is 15.4. The van der Waals surface area contributed by atoms with Crippen molar-refractivity contribution in [3.8, 4) is 0 Å². The minimum atomic E-state index is -1.74. The zero-order valence-electron chi connectivity index (χ0n) is 20.2. The molecule has 0 aromatic heterocycles. The average Bonchev–Trinajstić information content (AvgIpc) is 3.10. The molecule has 30 heavy (non-hydrogen) atoms. The van der Waals surface area contributed by atoms with Gasteiger partial charge in [0.15, 0.2) is 0 Å². The Hall–Kier alpha value is 0.501. The number of halogens is 3. The smallest absolute Gasteiger partial charge is 1.00 e. The molecule has 0 aliphatic heterocycles. The van der Waals surface area contributed by atoms with Gasteiger partial charge in [-0.05, 0) is 62.4 Å². The molecule has 2 rings (SSSR count). The normalized spacial score (nSPS) is 14.3. The Labute approximate surface area is 221 Å². The van der Waals surface area contributed by atoms with Crippen LogP contribution in [0.5, 0.6) is 0 Å². The predicted molar refractivity (Wildman–Crippen MR) is 120 cm³/mol. The van der Waals surface area contributed by atoms with Gasteiger partial charge < -0.3 is 37.2 Å². The second-order valence-electron chi connectivity index (χ2n) is 8.52. The van der Waals surface area contributed by atoms with Crippen LogP contribution >= 0.6 is 0 Å². The molecule has 0 spiro atoms. The van der Waals surface area contributed by atoms with Crippen molar-refractivity contribution in [2.75, 3.05) is 0 Å². The number of unbranched alkanes of at least 4 members (excludes halogenated alkanes) is 2. The molecule has 0 saturated carbocycles. The third-order valence-corrected chi connectivity index (χ3v) is 11.8. The number of benzene rings is 1. The summed E-state index contributed by atoms with van der Waals surface area (Å²) in [7, 11) is -1.74. The SMILES string of the molecule is CCCCC1=[C-]CC=C1[Si](C)(CCCC)c1c(C)c(C)c(C)c(C)c1C.[Cl-].[Cl-].[Cl-].[Ti+4]. The van der Waals surface area contributed by atoms with E-state index in [1.165, 1.54) is 54.8 Å². The average molecular weight is 522 g/mol. The monoisotopic (exact) mass is 520 g/mol. The van der Waals surface area contributed by atoms with E-state index >= 15 is 0 Å². The van der Waals surface area contributed by atoms with Crippen molar-refractivity contribution in [2.24, 2.45) is 0 Å².